The van der Waals surface area contributed by atoms with Crippen LogP contribution in [0.2, 0.25) is 0 Å². The summed E-state index contributed by atoms with van der Waals surface area (Å²) in [6.07, 6.45) is 10.2. The Morgan fingerprint density at radius 3 is 2.60 bits per heavy atom. The highest BCUT2D eigenvalue weighted by Crippen LogP contribution is 2.24. The third-order valence-electron chi connectivity index (χ3n) is 5.18. The van der Waals surface area contributed by atoms with E-state index in [4.69, 9.17) is 9.98 Å². The molecule has 0 spiro atoms. The molecule has 0 radical (unpaired) electrons. The molecule has 152 valence electrons. The molecule has 2 aromatic carbocycles. The zero-order chi connectivity index (χ0) is 20.8. The monoisotopic (exact) mass is 396 g/mol. The molecule has 4 nitrogen and oxygen atoms in total. The van der Waals surface area contributed by atoms with Crippen LogP contribution in [0.4, 0.5) is 0 Å². The Balaban J connectivity index is 1.66. The second kappa shape index (κ2) is 9.51. The summed E-state index contributed by atoms with van der Waals surface area (Å²) in [6.45, 7) is 1.93. The van der Waals surface area contributed by atoms with E-state index in [0.717, 1.165) is 43.2 Å². The average Bonchev–Trinajstić information content (AvgIpc) is 2.78. The van der Waals surface area contributed by atoms with E-state index >= 15 is 0 Å². The van der Waals surface area contributed by atoms with Gasteiger partial charge in [0.2, 0.25) is 0 Å². The molecule has 2 bridgehead atoms. The highest BCUT2D eigenvalue weighted by molar-refractivity contribution is 6.12. The number of fused-ring (bicyclic) bond motifs is 2. The number of nitrogens with zero attached hydrogens (tertiary/aromatic N) is 3. The highest BCUT2D eigenvalue weighted by Gasteiger charge is 2.15. The molecule has 30 heavy (non-hydrogen) atoms. The van der Waals surface area contributed by atoms with Crippen molar-refractivity contribution in [2.75, 3.05) is 27.2 Å². The Bertz CT molecular complexity index is 1040. The first-order chi connectivity index (χ1) is 14.7. The van der Waals surface area contributed by atoms with Crippen LogP contribution in [-0.2, 0) is 0 Å². The van der Waals surface area contributed by atoms with Crippen LogP contribution in [0.3, 0.4) is 0 Å². The highest BCUT2D eigenvalue weighted by atomic mass is 15.1. The van der Waals surface area contributed by atoms with Crippen LogP contribution in [0.25, 0.3) is 11.1 Å². The first kappa shape index (κ1) is 20.0. The molecule has 2 aromatic rings. The van der Waals surface area contributed by atoms with Crippen molar-refractivity contribution in [1.29, 1.82) is 0 Å². The largest absolute Gasteiger partial charge is 0.370 e. The summed E-state index contributed by atoms with van der Waals surface area (Å²) in [4.78, 5) is 11.9. The smallest absolute Gasteiger partial charge is 0.161 e. The topological polar surface area (TPSA) is 40.0 Å². The second-order valence-corrected chi connectivity index (χ2v) is 7.88. The molecule has 1 heterocycles. The summed E-state index contributed by atoms with van der Waals surface area (Å²) in [6, 6.07) is 18.9. The van der Waals surface area contributed by atoms with E-state index in [-0.39, 0.29) is 0 Å². The van der Waals surface area contributed by atoms with E-state index in [0.29, 0.717) is 0 Å². The van der Waals surface area contributed by atoms with Gasteiger partial charge in [0, 0.05) is 24.7 Å². The van der Waals surface area contributed by atoms with E-state index in [1.165, 1.54) is 22.3 Å². The Hall–Kier alpha value is -3.24. The summed E-state index contributed by atoms with van der Waals surface area (Å²) in [5.41, 5.74) is 5.79. The lowest BCUT2D eigenvalue weighted by Crippen LogP contribution is -2.30. The van der Waals surface area contributed by atoms with Crippen molar-refractivity contribution in [2.45, 2.75) is 12.8 Å². The number of nitrogens with one attached hydrogen (secondary N) is 1. The fraction of sp³-hybridized carbons (Fsp3) is 0.231. The van der Waals surface area contributed by atoms with Crippen LogP contribution in [0.5, 0.6) is 0 Å². The first-order valence-corrected chi connectivity index (χ1v) is 10.5. The second-order valence-electron chi connectivity index (χ2n) is 7.88. The number of rotatable bonds is 6. The number of hydrogen-bond donors (Lipinski definition) is 1. The number of amidine groups is 2. The van der Waals surface area contributed by atoms with Crippen LogP contribution >= 0.6 is 0 Å². The van der Waals surface area contributed by atoms with Crippen molar-refractivity contribution >= 4 is 11.7 Å². The van der Waals surface area contributed by atoms with Crippen molar-refractivity contribution in [2.24, 2.45) is 9.98 Å². The van der Waals surface area contributed by atoms with Crippen molar-refractivity contribution in [3.05, 3.63) is 95.7 Å². The number of benzene rings is 2. The van der Waals surface area contributed by atoms with Crippen LogP contribution < -0.4 is 5.32 Å². The lowest BCUT2D eigenvalue weighted by molar-refractivity contribution is 0.400. The van der Waals surface area contributed by atoms with Gasteiger partial charge in [0.05, 0.1) is 0 Å². The fourth-order valence-electron chi connectivity index (χ4n) is 3.59. The van der Waals surface area contributed by atoms with Gasteiger partial charge in [-0.05, 0) is 55.4 Å². The zero-order valence-corrected chi connectivity index (χ0v) is 17.7. The zero-order valence-electron chi connectivity index (χ0n) is 17.7. The maximum absolute atomic E-state index is 4.97. The molecule has 1 N–H and O–H groups in total. The number of allylic oxidation sites excluding steroid dienone is 4. The maximum atomic E-state index is 4.97. The van der Waals surface area contributed by atoms with E-state index < -0.39 is 0 Å². The van der Waals surface area contributed by atoms with Gasteiger partial charge in [0.1, 0.15) is 5.84 Å². The average molecular weight is 397 g/mol. The standard InChI is InChI=1S/C26H28N4/c1-30(2)16-8-15-27-25-23-13-6-9-20(17-23)19-28-26(29-25)24-14-7-12-22(18-24)21-10-4-3-5-11-21/h3-7,9-14,18-19H,8,15-17H2,1-2H3,(H,27,28,29). The van der Waals surface area contributed by atoms with E-state index in [2.05, 4.69) is 91.1 Å². The van der Waals surface area contributed by atoms with E-state index in [1.54, 1.807) is 0 Å². The van der Waals surface area contributed by atoms with Gasteiger partial charge >= 0.3 is 0 Å². The Morgan fingerprint density at radius 2 is 1.77 bits per heavy atom. The molecule has 0 saturated carbocycles. The molecular formula is C26H28N4. The van der Waals surface area contributed by atoms with E-state index in [9.17, 15) is 0 Å². The van der Waals surface area contributed by atoms with Crippen LogP contribution in [-0.4, -0.2) is 43.8 Å². The molecule has 1 aliphatic carbocycles. The Kier molecular flexibility index (Phi) is 6.35. The first-order valence-electron chi connectivity index (χ1n) is 10.5. The summed E-state index contributed by atoms with van der Waals surface area (Å²) in [5.74, 6) is 1.66. The minimum absolute atomic E-state index is 0.737. The maximum Gasteiger partial charge on any atom is 0.161 e. The number of hydrogen-bond acceptors (Lipinski definition) is 4. The third kappa shape index (κ3) is 5.02. The SMILES string of the molecule is CN(C)CCCNC1=NC(c2cccc(-c3ccccc3)c2)=NC=C2C=CC=C1C2. The molecule has 4 rings (SSSR count). The molecular weight excluding hydrogens is 368 g/mol. The summed E-state index contributed by atoms with van der Waals surface area (Å²) < 4.78 is 0. The van der Waals surface area contributed by atoms with Gasteiger partial charge in [-0.2, -0.15) is 0 Å². The van der Waals surface area contributed by atoms with Gasteiger partial charge in [-0.15, -0.1) is 0 Å². The summed E-state index contributed by atoms with van der Waals surface area (Å²) >= 11 is 0. The fourth-order valence-corrected chi connectivity index (χ4v) is 3.59. The molecule has 0 saturated heterocycles. The van der Waals surface area contributed by atoms with Gasteiger partial charge in [0.25, 0.3) is 0 Å². The molecule has 0 amide bonds. The molecule has 2 aliphatic rings. The van der Waals surface area contributed by atoms with Crippen molar-refractivity contribution in [1.82, 2.24) is 10.2 Å². The lowest BCUT2D eigenvalue weighted by Gasteiger charge is -2.19. The molecule has 4 heteroatoms. The van der Waals surface area contributed by atoms with Gasteiger partial charge in [-0.1, -0.05) is 66.8 Å². The van der Waals surface area contributed by atoms with Crippen molar-refractivity contribution in [3.8, 4) is 11.1 Å². The number of aliphatic imine (C=N–C) groups is 2. The van der Waals surface area contributed by atoms with Gasteiger partial charge in [-0.3, -0.25) is 0 Å². The minimum atomic E-state index is 0.737. The van der Waals surface area contributed by atoms with Gasteiger partial charge in [-0.25, -0.2) is 9.98 Å². The van der Waals surface area contributed by atoms with Gasteiger partial charge in [0.15, 0.2) is 5.84 Å². The normalized spacial score (nSPS) is 15.6. The predicted octanol–water partition coefficient (Wildman–Crippen LogP) is 4.82. The summed E-state index contributed by atoms with van der Waals surface area (Å²) in [5, 5.41) is 3.56. The molecule has 1 aliphatic heterocycles. The summed E-state index contributed by atoms with van der Waals surface area (Å²) in [7, 11) is 4.20. The van der Waals surface area contributed by atoms with Gasteiger partial charge < -0.3 is 10.2 Å². The van der Waals surface area contributed by atoms with Crippen molar-refractivity contribution in [3.63, 3.8) is 0 Å². The molecule has 0 unspecified atom stereocenters. The minimum Gasteiger partial charge on any atom is -0.370 e. The Morgan fingerprint density at radius 1 is 0.967 bits per heavy atom. The lowest BCUT2D eigenvalue weighted by atomic mass is 9.98. The Labute approximate surface area is 179 Å². The van der Waals surface area contributed by atoms with Crippen LogP contribution in [0, 0.1) is 0 Å². The third-order valence-corrected chi connectivity index (χ3v) is 5.18. The predicted molar refractivity (Wildman–Crippen MR) is 127 cm³/mol. The quantitative estimate of drug-likeness (QED) is 0.711. The molecule has 0 fully saturated rings. The van der Waals surface area contributed by atoms with Crippen LogP contribution in [0.1, 0.15) is 18.4 Å². The van der Waals surface area contributed by atoms with Crippen LogP contribution in [0.15, 0.2) is 100 Å². The van der Waals surface area contributed by atoms with Crippen molar-refractivity contribution < 1.29 is 0 Å². The molecule has 0 atom stereocenters. The van der Waals surface area contributed by atoms with E-state index in [1.807, 2.05) is 12.3 Å². The molecule has 0 aromatic heterocycles.